The summed E-state index contributed by atoms with van der Waals surface area (Å²) in [5.74, 6) is 1.57. The molecule has 8 heteroatoms. The summed E-state index contributed by atoms with van der Waals surface area (Å²) in [4.78, 5) is 21.1. The molecule has 0 spiro atoms. The summed E-state index contributed by atoms with van der Waals surface area (Å²) in [6.45, 7) is 2.58. The van der Waals surface area contributed by atoms with Gasteiger partial charge in [0, 0.05) is 30.6 Å². The molecule has 6 rings (SSSR count). The second kappa shape index (κ2) is 7.59. The van der Waals surface area contributed by atoms with E-state index in [-0.39, 0.29) is 0 Å². The lowest BCUT2D eigenvalue weighted by Gasteiger charge is -2.09. The lowest BCUT2D eigenvalue weighted by Crippen LogP contribution is -2.00. The van der Waals surface area contributed by atoms with Crippen LogP contribution < -0.4 is 10.1 Å². The Morgan fingerprint density at radius 3 is 2.67 bits per heavy atom. The van der Waals surface area contributed by atoms with Gasteiger partial charge in [-0.25, -0.2) is 4.98 Å². The zero-order valence-electron chi connectivity index (χ0n) is 18.1. The van der Waals surface area contributed by atoms with Gasteiger partial charge in [0.15, 0.2) is 11.5 Å². The average Bonchev–Trinajstić information content (AvgIpc) is 3.57. The molecule has 2 aromatic carbocycles. The van der Waals surface area contributed by atoms with Crippen LogP contribution in [0.25, 0.3) is 38.8 Å². The summed E-state index contributed by atoms with van der Waals surface area (Å²) in [7, 11) is 1.61. The van der Waals surface area contributed by atoms with E-state index in [1.807, 2.05) is 49.7 Å². The van der Waals surface area contributed by atoms with Crippen LogP contribution in [0.2, 0.25) is 0 Å². The SMILES string of the molecule is COc1nc(Nc2ccc(C3=CCN=C3)cc2)nc2[nH]cc(-c3ccc4nc(C)oc4c3)c12. The molecule has 2 N–H and O–H groups in total. The molecule has 0 radical (unpaired) electrons. The first-order chi connectivity index (χ1) is 16.2. The molecule has 0 bridgehead atoms. The highest BCUT2D eigenvalue weighted by Gasteiger charge is 2.17. The van der Waals surface area contributed by atoms with Gasteiger partial charge in [-0.2, -0.15) is 9.97 Å². The molecule has 0 saturated heterocycles. The number of methoxy groups -OCH3 is 1. The summed E-state index contributed by atoms with van der Waals surface area (Å²) >= 11 is 0. The van der Waals surface area contributed by atoms with Crippen molar-refractivity contribution >= 4 is 45.6 Å². The maximum Gasteiger partial charge on any atom is 0.232 e. The number of fused-ring (bicyclic) bond motifs is 2. The second-order valence-electron chi connectivity index (χ2n) is 7.75. The lowest BCUT2D eigenvalue weighted by molar-refractivity contribution is 0.403. The first-order valence-corrected chi connectivity index (χ1v) is 10.6. The second-order valence-corrected chi connectivity index (χ2v) is 7.75. The molecular formula is C25H20N6O2. The topological polar surface area (TPSA) is 101 Å². The van der Waals surface area contributed by atoms with Crippen LogP contribution in [0.3, 0.4) is 0 Å². The number of nitrogens with one attached hydrogen (secondary N) is 2. The molecule has 162 valence electrons. The number of benzene rings is 2. The van der Waals surface area contributed by atoms with E-state index in [9.17, 15) is 0 Å². The number of aromatic nitrogens is 4. The molecular weight excluding hydrogens is 416 g/mol. The van der Waals surface area contributed by atoms with E-state index in [1.165, 1.54) is 0 Å². The van der Waals surface area contributed by atoms with E-state index in [0.717, 1.165) is 51.0 Å². The van der Waals surface area contributed by atoms with Crippen molar-refractivity contribution in [2.45, 2.75) is 6.92 Å². The van der Waals surface area contributed by atoms with Gasteiger partial charge >= 0.3 is 0 Å². The van der Waals surface area contributed by atoms with Crippen LogP contribution >= 0.6 is 0 Å². The molecule has 8 nitrogen and oxygen atoms in total. The number of ether oxygens (including phenoxy) is 1. The van der Waals surface area contributed by atoms with Crippen LogP contribution in [0.4, 0.5) is 11.6 Å². The van der Waals surface area contributed by atoms with Gasteiger partial charge in [-0.05, 0) is 41.0 Å². The number of hydrogen-bond acceptors (Lipinski definition) is 7. The molecule has 0 fully saturated rings. The zero-order chi connectivity index (χ0) is 22.4. The Morgan fingerprint density at radius 2 is 1.88 bits per heavy atom. The zero-order valence-corrected chi connectivity index (χ0v) is 18.1. The van der Waals surface area contributed by atoms with Gasteiger partial charge in [0.05, 0.1) is 19.0 Å². The molecule has 0 saturated carbocycles. The number of hydrogen-bond donors (Lipinski definition) is 2. The number of aliphatic imine (C=N–C) groups is 1. The molecule has 5 aromatic rings. The van der Waals surface area contributed by atoms with Crippen LogP contribution in [-0.2, 0) is 0 Å². The molecule has 33 heavy (non-hydrogen) atoms. The Hall–Kier alpha value is -4.46. The first kappa shape index (κ1) is 19.2. The van der Waals surface area contributed by atoms with E-state index in [0.29, 0.717) is 23.4 Å². The number of aryl methyl sites for hydroxylation is 1. The van der Waals surface area contributed by atoms with Crippen molar-refractivity contribution in [3.63, 3.8) is 0 Å². The molecule has 1 aliphatic heterocycles. The summed E-state index contributed by atoms with van der Waals surface area (Å²) in [6, 6.07) is 14.0. The van der Waals surface area contributed by atoms with Gasteiger partial charge < -0.3 is 19.5 Å². The highest BCUT2D eigenvalue weighted by Crippen LogP contribution is 2.36. The molecule has 0 amide bonds. The van der Waals surface area contributed by atoms with Crippen LogP contribution in [0.5, 0.6) is 5.88 Å². The van der Waals surface area contributed by atoms with E-state index < -0.39 is 0 Å². The summed E-state index contributed by atoms with van der Waals surface area (Å²) in [5, 5.41) is 4.07. The molecule has 1 aliphatic rings. The third-order valence-electron chi connectivity index (χ3n) is 5.62. The van der Waals surface area contributed by atoms with Gasteiger partial charge in [0.1, 0.15) is 11.2 Å². The van der Waals surface area contributed by atoms with Crippen molar-refractivity contribution < 1.29 is 9.15 Å². The Morgan fingerprint density at radius 1 is 1.03 bits per heavy atom. The van der Waals surface area contributed by atoms with Crippen molar-refractivity contribution in [2.75, 3.05) is 19.0 Å². The fourth-order valence-electron chi connectivity index (χ4n) is 4.06. The predicted molar refractivity (Wildman–Crippen MR) is 129 cm³/mol. The van der Waals surface area contributed by atoms with Crippen molar-refractivity contribution in [1.82, 2.24) is 19.9 Å². The van der Waals surface area contributed by atoms with Gasteiger partial charge in [-0.1, -0.05) is 24.3 Å². The molecule has 3 aromatic heterocycles. The lowest BCUT2D eigenvalue weighted by atomic mass is 10.1. The number of allylic oxidation sites excluding steroid dienone is 1. The minimum atomic E-state index is 0.448. The van der Waals surface area contributed by atoms with Crippen LogP contribution in [-0.4, -0.2) is 39.8 Å². The fourth-order valence-corrected chi connectivity index (χ4v) is 4.06. The summed E-state index contributed by atoms with van der Waals surface area (Å²) in [5.41, 5.74) is 7.29. The normalized spacial score (nSPS) is 13.1. The highest BCUT2D eigenvalue weighted by molar-refractivity contribution is 6.11. The minimum absolute atomic E-state index is 0.448. The summed E-state index contributed by atoms with van der Waals surface area (Å²) < 4.78 is 11.3. The smallest absolute Gasteiger partial charge is 0.232 e. The molecule has 4 heterocycles. The Balaban J connectivity index is 1.35. The number of nitrogens with zero attached hydrogens (tertiary/aromatic N) is 4. The molecule has 0 atom stereocenters. The van der Waals surface area contributed by atoms with Gasteiger partial charge in [-0.15, -0.1) is 0 Å². The first-order valence-electron chi connectivity index (χ1n) is 10.6. The maximum atomic E-state index is 5.70. The Labute approximate surface area is 189 Å². The largest absolute Gasteiger partial charge is 0.480 e. The van der Waals surface area contributed by atoms with Crippen LogP contribution in [0.1, 0.15) is 11.5 Å². The van der Waals surface area contributed by atoms with Crippen molar-refractivity contribution in [2.24, 2.45) is 4.99 Å². The van der Waals surface area contributed by atoms with E-state index >= 15 is 0 Å². The van der Waals surface area contributed by atoms with E-state index in [4.69, 9.17) is 9.15 Å². The number of oxazole rings is 1. The average molecular weight is 436 g/mol. The maximum absolute atomic E-state index is 5.70. The van der Waals surface area contributed by atoms with Crippen molar-refractivity contribution in [3.8, 4) is 17.0 Å². The van der Waals surface area contributed by atoms with Crippen molar-refractivity contribution in [1.29, 1.82) is 0 Å². The fraction of sp³-hybridized carbons (Fsp3) is 0.120. The third-order valence-corrected chi connectivity index (χ3v) is 5.62. The van der Waals surface area contributed by atoms with E-state index in [2.05, 4.69) is 48.5 Å². The summed E-state index contributed by atoms with van der Waals surface area (Å²) in [6.07, 6.45) is 5.91. The molecule has 0 unspecified atom stereocenters. The van der Waals surface area contributed by atoms with Gasteiger partial charge in [0.2, 0.25) is 11.8 Å². The van der Waals surface area contributed by atoms with Crippen LogP contribution in [0.15, 0.2) is 64.1 Å². The van der Waals surface area contributed by atoms with Crippen LogP contribution in [0, 0.1) is 6.92 Å². The number of anilines is 2. The number of H-pyrrole nitrogens is 1. The molecule has 0 aliphatic carbocycles. The number of aromatic amines is 1. The third kappa shape index (κ3) is 3.41. The monoisotopic (exact) mass is 436 g/mol. The van der Waals surface area contributed by atoms with Gasteiger partial charge in [0.25, 0.3) is 0 Å². The Bertz CT molecular complexity index is 1560. The van der Waals surface area contributed by atoms with E-state index in [1.54, 1.807) is 7.11 Å². The number of rotatable bonds is 5. The standard InChI is InChI=1S/C25H20N6O2/c1-14-28-20-8-5-16(11-21(20)33-14)19-13-27-23-22(19)24(32-2)31-25(30-23)29-18-6-3-15(4-7-18)17-9-10-26-12-17/h3-9,11-13H,10H2,1-2H3,(H2,27,29,30,31). The van der Waals surface area contributed by atoms with Gasteiger partial charge in [-0.3, -0.25) is 4.99 Å². The quantitative estimate of drug-likeness (QED) is 0.388. The van der Waals surface area contributed by atoms with Crippen molar-refractivity contribution in [3.05, 3.63) is 66.2 Å². The predicted octanol–water partition coefficient (Wildman–Crippen LogP) is 5.29. The minimum Gasteiger partial charge on any atom is -0.480 e. The highest BCUT2D eigenvalue weighted by atomic mass is 16.5. The Kier molecular flexibility index (Phi) is 4.43.